The van der Waals surface area contributed by atoms with E-state index in [1.165, 1.54) is 0 Å². The second kappa shape index (κ2) is 6.37. The van der Waals surface area contributed by atoms with Crippen LogP contribution in [0, 0.1) is 17.8 Å². The summed E-state index contributed by atoms with van der Waals surface area (Å²) < 4.78 is 6.92. The van der Waals surface area contributed by atoms with E-state index in [-0.39, 0.29) is 23.2 Å². The first-order valence-electron chi connectivity index (χ1n) is 8.82. The molecule has 7 nitrogen and oxygen atoms in total. The Hall–Kier alpha value is -2.02. The summed E-state index contributed by atoms with van der Waals surface area (Å²) in [6, 6.07) is 3.62. The Kier molecular flexibility index (Phi) is 4.19. The average molecular weight is 364 g/mol. The first kappa shape index (κ1) is 16.4. The minimum absolute atomic E-state index is 0.00237. The fraction of sp³-hybridized carbons (Fsp3) is 0.588. The van der Waals surface area contributed by atoms with Gasteiger partial charge in [0.2, 0.25) is 5.28 Å². The number of rotatable bonds is 4. The summed E-state index contributed by atoms with van der Waals surface area (Å²) >= 11 is 6.07. The standard InChI is InChI=1S/C17H22ClN5O2/c1-2-25-16(24)13-9-3-5-10(6-4-9)14(13)20-15-11-7-8-12(19)23(11)22-17(18)21-15/h7-10,13-14H,2-6,19H2,1H3,(H,20,21,22)/t9-,10+,13-,14-/m0/s1. The number of aromatic nitrogens is 3. The molecule has 2 atom stereocenters. The van der Waals surface area contributed by atoms with Gasteiger partial charge in [0.25, 0.3) is 0 Å². The van der Waals surface area contributed by atoms with Crippen LogP contribution < -0.4 is 11.1 Å². The lowest BCUT2D eigenvalue weighted by atomic mass is 9.61. The number of halogens is 1. The number of esters is 1. The van der Waals surface area contributed by atoms with E-state index in [9.17, 15) is 4.79 Å². The zero-order valence-electron chi connectivity index (χ0n) is 14.1. The third-order valence-electron chi connectivity index (χ3n) is 5.60. The molecular formula is C17H22ClN5O2. The second-order valence-electron chi connectivity index (χ2n) is 6.91. The summed E-state index contributed by atoms with van der Waals surface area (Å²) in [6.45, 7) is 2.25. The fourth-order valence-corrected chi connectivity index (χ4v) is 4.65. The highest BCUT2D eigenvalue weighted by molar-refractivity contribution is 6.28. The monoisotopic (exact) mass is 363 g/mol. The van der Waals surface area contributed by atoms with Gasteiger partial charge in [0, 0.05) is 6.04 Å². The molecule has 0 aromatic carbocycles. The number of nitrogens with two attached hydrogens (primary N) is 1. The molecule has 0 aliphatic heterocycles. The maximum absolute atomic E-state index is 12.6. The van der Waals surface area contributed by atoms with Crippen molar-refractivity contribution in [1.29, 1.82) is 0 Å². The third kappa shape index (κ3) is 2.80. The van der Waals surface area contributed by atoms with Crippen molar-refractivity contribution in [3.8, 4) is 0 Å². The van der Waals surface area contributed by atoms with E-state index >= 15 is 0 Å². The van der Waals surface area contributed by atoms with Gasteiger partial charge in [0.1, 0.15) is 11.3 Å². The van der Waals surface area contributed by atoms with E-state index < -0.39 is 0 Å². The molecule has 0 radical (unpaired) electrons. The van der Waals surface area contributed by atoms with Crippen LogP contribution in [-0.2, 0) is 9.53 Å². The molecule has 0 spiro atoms. The summed E-state index contributed by atoms with van der Waals surface area (Å²) in [7, 11) is 0. The van der Waals surface area contributed by atoms with E-state index in [4.69, 9.17) is 22.1 Å². The molecule has 3 aliphatic carbocycles. The number of carbonyl (C=O) groups excluding carboxylic acids is 1. The number of nitrogens with zero attached hydrogens (tertiary/aromatic N) is 3. The molecule has 5 rings (SSSR count). The van der Waals surface area contributed by atoms with Crippen molar-refractivity contribution in [2.45, 2.75) is 38.6 Å². The molecule has 2 heterocycles. The average Bonchev–Trinajstić information content (AvgIpc) is 2.97. The number of anilines is 2. The molecule has 2 bridgehead atoms. The Morgan fingerprint density at radius 2 is 2.08 bits per heavy atom. The largest absolute Gasteiger partial charge is 0.466 e. The molecule has 8 heteroatoms. The topological polar surface area (TPSA) is 94.5 Å². The van der Waals surface area contributed by atoms with E-state index in [1.54, 1.807) is 10.6 Å². The van der Waals surface area contributed by atoms with Crippen LogP contribution in [-0.4, -0.2) is 33.2 Å². The lowest BCUT2D eigenvalue weighted by molar-refractivity contribution is -0.154. The fourth-order valence-electron chi connectivity index (χ4n) is 4.49. The Bertz CT molecular complexity index is 800. The lowest BCUT2D eigenvalue weighted by Gasteiger charge is -2.47. The van der Waals surface area contributed by atoms with Gasteiger partial charge in [-0.3, -0.25) is 4.79 Å². The van der Waals surface area contributed by atoms with Gasteiger partial charge >= 0.3 is 5.97 Å². The van der Waals surface area contributed by atoms with Crippen LogP contribution in [0.1, 0.15) is 32.6 Å². The predicted octanol–water partition coefficient (Wildman–Crippen LogP) is 2.74. The van der Waals surface area contributed by atoms with Gasteiger partial charge in [0.05, 0.1) is 12.5 Å². The number of carbonyl (C=O) groups is 1. The zero-order valence-corrected chi connectivity index (χ0v) is 14.9. The number of fused-ring (bicyclic) bond motifs is 4. The first-order chi connectivity index (χ1) is 12.1. The van der Waals surface area contributed by atoms with E-state index in [1.807, 2.05) is 13.0 Å². The molecule has 134 valence electrons. The molecule has 0 unspecified atom stereocenters. The zero-order chi connectivity index (χ0) is 17.6. The maximum atomic E-state index is 12.6. The van der Waals surface area contributed by atoms with Crippen molar-refractivity contribution < 1.29 is 9.53 Å². The van der Waals surface area contributed by atoms with Crippen LogP contribution in [0.15, 0.2) is 12.1 Å². The van der Waals surface area contributed by atoms with Crippen LogP contribution in [0.4, 0.5) is 11.6 Å². The van der Waals surface area contributed by atoms with Gasteiger partial charge in [-0.25, -0.2) is 4.52 Å². The molecular weight excluding hydrogens is 342 g/mol. The van der Waals surface area contributed by atoms with Gasteiger partial charge in [0.15, 0.2) is 5.82 Å². The van der Waals surface area contributed by atoms with Gasteiger partial charge in [-0.1, -0.05) is 0 Å². The minimum Gasteiger partial charge on any atom is -0.466 e. The summed E-state index contributed by atoms with van der Waals surface area (Å²) in [6.07, 6.45) is 4.42. The van der Waals surface area contributed by atoms with Crippen molar-refractivity contribution in [2.75, 3.05) is 17.7 Å². The normalized spacial score (nSPS) is 28.2. The second-order valence-corrected chi connectivity index (χ2v) is 7.25. The number of hydrogen-bond acceptors (Lipinski definition) is 6. The number of hydrogen-bond donors (Lipinski definition) is 2. The number of ether oxygens (including phenoxy) is 1. The Morgan fingerprint density at radius 3 is 2.80 bits per heavy atom. The van der Waals surface area contributed by atoms with Crippen LogP contribution >= 0.6 is 11.6 Å². The molecule has 3 fully saturated rings. The van der Waals surface area contributed by atoms with Crippen LogP contribution in [0.3, 0.4) is 0 Å². The predicted molar refractivity (Wildman–Crippen MR) is 95.4 cm³/mol. The summed E-state index contributed by atoms with van der Waals surface area (Å²) in [5.74, 6) is 1.65. The van der Waals surface area contributed by atoms with Crippen molar-refractivity contribution in [3.05, 3.63) is 17.4 Å². The maximum Gasteiger partial charge on any atom is 0.311 e. The highest BCUT2D eigenvalue weighted by Crippen LogP contribution is 2.47. The van der Waals surface area contributed by atoms with Crippen molar-refractivity contribution in [3.63, 3.8) is 0 Å². The van der Waals surface area contributed by atoms with Gasteiger partial charge in [-0.15, -0.1) is 5.10 Å². The lowest BCUT2D eigenvalue weighted by Crippen LogP contribution is -2.52. The highest BCUT2D eigenvalue weighted by atomic mass is 35.5. The minimum atomic E-state index is -0.145. The van der Waals surface area contributed by atoms with Crippen LogP contribution in [0.5, 0.6) is 0 Å². The highest BCUT2D eigenvalue weighted by Gasteiger charge is 2.48. The smallest absolute Gasteiger partial charge is 0.311 e. The molecule has 2 aromatic rings. The quantitative estimate of drug-likeness (QED) is 0.811. The molecule has 3 N–H and O–H groups in total. The van der Waals surface area contributed by atoms with E-state index in [0.29, 0.717) is 30.1 Å². The molecule has 0 amide bonds. The molecule has 25 heavy (non-hydrogen) atoms. The van der Waals surface area contributed by atoms with Crippen molar-refractivity contribution in [2.24, 2.45) is 17.8 Å². The van der Waals surface area contributed by atoms with E-state index in [0.717, 1.165) is 31.2 Å². The molecule has 3 aliphatic rings. The third-order valence-corrected chi connectivity index (χ3v) is 5.76. The Morgan fingerprint density at radius 1 is 1.36 bits per heavy atom. The molecule has 0 saturated heterocycles. The number of nitrogen functional groups attached to an aromatic ring is 1. The first-order valence-corrected chi connectivity index (χ1v) is 9.20. The molecule has 3 saturated carbocycles. The van der Waals surface area contributed by atoms with Gasteiger partial charge < -0.3 is 15.8 Å². The van der Waals surface area contributed by atoms with Gasteiger partial charge in [-0.2, -0.15) is 4.98 Å². The number of nitrogens with one attached hydrogen (secondary N) is 1. The van der Waals surface area contributed by atoms with Crippen LogP contribution in [0.25, 0.3) is 5.52 Å². The van der Waals surface area contributed by atoms with Crippen LogP contribution in [0.2, 0.25) is 5.28 Å². The Labute approximate surface area is 150 Å². The molecule has 2 aromatic heterocycles. The van der Waals surface area contributed by atoms with E-state index in [2.05, 4.69) is 15.4 Å². The van der Waals surface area contributed by atoms with Crippen molar-refractivity contribution >= 4 is 34.7 Å². The Balaban J connectivity index is 1.69. The summed E-state index contributed by atoms with van der Waals surface area (Å²) in [5, 5.41) is 7.74. The van der Waals surface area contributed by atoms with Gasteiger partial charge in [-0.05, 0) is 68.2 Å². The SMILES string of the molecule is CCOC(=O)[C@H]1[C@H]2CC[C@H](CC2)[C@@H]1Nc1nc(Cl)nn2c(N)ccc12. The summed E-state index contributed by atoms with van der Waals surface area (Å²) in [5.41, 5.74) is 6.69. The summed E-state index contributed by atoms with van der Waals surface area (Å²) in [4.78, 5) is 16.9. The van der Waals surface area contributed by atoms with Crippen molar-refractivity contribution in [1.82, 2.24) is 14.6 Å².